The zero-order valence-electron chi connectivity index (χ0n) is 21.7. The zero-order chi connectivity index (χ0) is 27.0. The number of benzene rings is 2. The van der Waals surface area contributed by atoms with E-state index in [9.17, 15) is 19.2 Å². The van der Waals surface area contributed by atoms with Crippen LogP contribution in [0.2, 0.25) is 0 Å². The number of carbonyl (C=O) groups excluding carboxylic acids is 4. The second-order valence-electron chi connectivity index (χ2n) is 9.88. The number of ether oxygens (including phenoxy) is 3. The molecule has 0 aliphatic carbocycles. The second-order valence-corrected chi connectivity index (χ2v) is 9.88. The van der Waals surface area contributed by atoms with Crippen LogP contribution < -0.4 is 5.32 Å². The van der Waals surface area contributed by atoms with Crippen LogP contribution in [0.4, 0.5) is 4.79 Å². The molecule has 2 atom stereocenters. The number of carbonyl (C=O) groups is 4. The van der Waals surface area contributed by atoms with Gasteiger partial charge in [-0.2, -0.15) is 0 Å². The summed E-state index contributed by atoms with van der Waals surface area (Å²) in [4.78, 5) is 51.9. The monoisotopic (exact) mass is 510 g/mol. The van der Waals surface area contributed by atoms with Crippen molar-refractivity contribution in [2.75, 3.05) is 13.7 Å². The molecule has 198 valence electrons. The topological polar surface area (TPSA) is 111 Å². The first-order chi connectivity index (χ1) is 17.6. The second kappa shape index (κ2) is 12.4. The van der Waals surface area contributed by atoms with Gasteiger partial charge in [-0.15, -0.1) is 0 Å². The Morgan fingerprint density at radius 3 is 2.30 bits per heavy atom. The van der Waals surface area contributed by atoms with Gasteiger partial charge >= 0.3 is 18.0 Å². The van der Waals surface area contributed by atoms with Crippen LogP contribution in [0.15, 0.2) is 54.6 Å². The molecule has 37 heavy (non-hydrogen) atoms. The van der Waals surface area contributed by atoms with Crippen molar-refractivity contribution in [3.05, 3.63) is 71.3 Å². The van der Waals surface area contributed by atoms with E-state index in [1.807, 2.05) is 30.3 Å². The maximum Gasteiger partial charge on any atom is 0.410 e. The minimum atomic E-state index is -0.965. The first-order valence-corrected chi connectivity index (χ1v) is 12.2. The first-order valence-electron chi connectivity index (χ1n) is 12.2. The fourth-order valence-corrected chi connectivity index (χ4v) is 4.01. The summed E-state index contributed by atoms with van der Waals surface area (Å²) in [6.45, 7) is 5.86. The van der Waals surface area contributed by atoms with E-state index >= 15 is 0 Å². The van der Waals surface area contributed by atoms with E-state index < -0.39 is 41.6 Å². The average molecular weight is 511 g/mol. The van der Waals surface area contributed by atoms with E-state index in [1.165, 1.54) is 12.0 Å². The quantitative estimate of drug-likeness (QED) is 0.426. The molecule has 1 aliphatic heterocycles. The third-order valence-electron chi connectivity index (χ3n) is 5.83. The minimum Gasteiger partial charge on any atom is -0.467 e. The van der Waals surface area contributed by atoms with Crippen LogP contribution in [-0.2, 0) is 36.8 Å². The van der Waals surface area contributed by atoms with Crippen molar-refractivity contribution in [2.45, 2.75) is 64.3 Å². The van der Waals surface area contributed by atoms with Crippen molar-refractivity contribution in [3.63, 3.8) is 0 Å². The molecule has 0 bridgehead atoms. The third-order valence-corrected chi connectivity index (χ3v) is 5.83. The first kappa shape index (κ1) is 27.7. The molecule has 0 radical (unpaired) electrons. The highest BCUT2D eigenvalue weighted by molar-refractivity contribution is 5.91. The highest BCUT2D eigenvalue weighted by Gasteiger charge is 2.37. The summed E-state index contributed by atoms with van der Waals surface area (Å²) in [5.41, 5.74) is 1.33. The normalized spacial score (nSPS) is 16.0. The molecule has 2 aromatic rings. The van der Waals surface area contributed by atoms with Crippen molar-refractivity contribution in [1.29, 1.82) is 0 Å². The third kappa shape index (κ3) is 8.06. The van der Waals surface area contributed by atoms with Crippen molar-refractivity contribution in [1.82, 2.24) is 10.2 Å². The van der Waals surface area contributed by atoms with Gasteiger partial charge in [0.1, 0.15) is 24.3 Å². The Morgan fingerprint density at radius 2 is 1.68 bits per heavy atom. The van der Waals surface area contributed by atoms with Crippen LogP contribution in [-0.4, -0.2) is 60.2 Å². The Bertz CT molecular complexity index is 1090. The summed E-state index contributed by atoms with van der Waals surface area (Å²) in [6.07, 6.45) is 0.685. The van der Waals surface area contributed by atoms with Crippen molar-refractivity contribution >= 4 is 23.9 Å². The van der Waals surface area contributed by atoms with Gasteiger partial charge in [-0.1, -0.05) is 42.5 Å². The lowest BCUT2D eigenvalue weighted by atomic mass is 10.0. The standard InChI is InChI=1S/C28H34N2O7/c1-28(2,3)37-25(32)21-14-12-19(13-15-21)17-22(26(33)35-4)29-24(31)23-11-8-16-30(23)27(34)36-18-20-9-6-5-7-10-20/h5-7,9-10,12-15,22-23H,8,11,16-18H2,1-4H3,(H,29,31)/t22-,23-/m1/s1. The predicted molar refractivity (Wildman–Crippen MR) is 136 cm³/mol. The molecular weight excluding hydrogens is 476 g/mol. The van der Waals surface area contributed by atoms with Crippen LogP contribution in [0.1, 0.15) is 55.1 Å². The van der Waals surface area contributed by atoms with Crippen molar-refractivity contribution in [3.8, 4) is 0 Å². The van der Waals surface area contributed by atoms with Crippen LogP contribution in [0.3, 0.4) is 0 Å². The smallest absolute Gasteiger partial charge is 0.410 e. The molecule has 9 nitrogen and oxygen atoms in total. The lowest BCUT2D eigenvalue weighted by Crippen LogP contribution is -2.51. The summed E-state index contributed by atoms with van der Waals surface area (Å²) in [6, 6.07) is 14.2. The van der Waals surface area contributed by atoms with Gasteiger partial charge in [0.2, 0.25) is 5.91 Å². The van der Waals surface area contributed by atoms with E-state index in [0.717, 1.165) is 5.56 Å². The summed E-state index contributed by atoms with van der Waals surface area (Å²) in [5.74, 6) is -1.51. The molecule has 1 aliphatic rings. The molecule has 9 heteroatoms. The van der Waals surface area contributed by atoms with E-state index in [4.69, 9.17) is 14.2 Å². The molecule has 2 amide bonds. The fraction of sp³-hybridized carbons (Fsp3) is 0.429. The molecule has 0 unspecified atom stereocenters. The summed E-state index contributed by atoms with van der Waals surface area (Å²) >= 11 is 0. The molecule has 0 saturated carbocycles. The van der Waals surface area contributed by atoms with Gasteiger partial charge < -0.3 is 19.5 Å². The maximum absolute atomic E-state index is 13.1. The van der Waals surface area contributed by atoms with Crippen LogP contribution in [0, 0.1) is 0 Å². The molecule has 1 heterocycles. The Labute approximate surface area is 217 Å². The lowest BCUT2D eigenvalue weighted by Gasteiger charge is -2.25. The number of amides is 2. The molecule has 1 saturated heterocycles. The van der Waals surface area contributed by atoms with Crippen molar-refractivity contribution in [2.24, 2.45) is 0 Å². The van der Waals surface area contributed by atoms with E-state index in [1.54, 1.807) is 45.0 Å². The SMILES string of the molecule is COC(=O)[C@@H](Cc1ccc(C(=O)OC(C)(C)C)cc1)NC(=O)[C@H]1CCCN1C(=O)OCc1ccccc1. The summed E-state index contributed by atoms with van der Waals surface area (Å²) in [5, 5.41) is 2.73. The Balaban J connectivity index is 1.62. The number of methoxy groups -OCH3 is 1. The Morgan fingerprint density at radius 1 is 1.00 bits per heavy atom. The minimum absolute atomic E-state index is 0.106. The lowest BCUT2D eigenvalue weighted by molar-refractivity contribution is -0.145. The molecule has 1 fully saturated rings. The number of nitrogens with zero attached hydrogens (tertiary/aromatic N) is 1. The maximum atomic E-state index is 13.1. The predicted octanol–water partition coefficient (Wildman–Crippen LogP) is 3.64. The van der Waals surface area contributed by atoms with Gasteiger partial charge in [0.05, 0.1) is 12.7 Å². The molecule has 1 N–H and O–H groups in total. The molecule has 2 aromatic carbocycles. The van der Waals surface area contributed by atoms with Crippen LogP contribution in [0.25, 0.3) is 0 Å². The molecule has 0 aromatic heterocycles. The van der Waals surface area contributed by atoms with Crippen LogP contribution >= 0.6 is 0 Å². The summed E-state index contributed by atoms with van der Waals surface area (Å²) in [7, 11) is 1.25. The van der Waals surface area contributed by atoms with Gasteiger partial charge in [-0.3, -0.25) is 9.69 Å². The number of nitrogens with one attached hydrogen (secondary N) is 1. The molecular formula is C28H34N2O7. The summed E-state index contributed by atoms with van der Waals surface area (Å²) < 4.78 is 15.7. The largest absolute Gasteiger partial charge is 0.467 e. The van der Waals surface area contributed by atoms with E-state index in [0.29, 0.717) is 30.5 Å². The number of esters is 2. The van der Waals surface area contributed by atoms with Gasteiger partial charge in [0.25, 0.3) is 0 Å². The average Bonchev–Trinajstić information content (AvgIpc) is 3.37. The number of hydrogen-bond donors (Lipinski definition) is 1. The van der Waals surface area contributed by atoms with Gasteiger partial charge in [-0.05, 0) is 56.9 Å². The van der Waals surface area contributed by atoms with E-state index in [-0.39, 0.29) is 13.0 Å². The molecule has 3 rings (SSSR count). The van der Waals surface area contributed by atoms with Gasteiger partial charge in [0, 0.05) is 13.0 Å². The van der Waals surface area contributed by atoms with Crippen LogP contribution in [0.5, 0.6) is 0 Å². The Kier molecular flexibility index (Phi) is 9.27. The zero-order valence-corrected chi connectivity index (χ0v) is 21.7. The number of likely N-dealkylation sites (tertiary alicyclic amines) is 1. The van der Waals surface area contributed by atoms with E-state index in [2.05, 4.69) is 5.32 Å². The highest BCUT2D eigenvalue weighted by Crippen LogP contribution is 2.20. The van der Waals surface area contributed by atoms with Gasteiger partial charge in [0.15, 0.2) is 0 Å². The number of rotatable bonds is 8. The number of hydrogen-bond acceptors (Lipinski definition) is 7. The highest BCUT2D eigenvalue weighted by atomic mass is 16.6. The fourth-order valence-electron chi connectivity index (χ4n) is 4.01. The van der Waals surface area contributed by atoms with Gasteiger partial charge in [-0.25, -0.2) is 14.4 Å². The van der Waals surface area contributed by atoms with Crippen molar-refractivity contribution < 1.29 is 33.4 Å². The Hall–Kier alpha value is -3.88. The molecule has 0 spiro atoms.